The molecule has 0 aliphatic heterocycles. The Kier molecular flexibility index (Phi) is 4.11. The second-order valence-electron chi connectivity index (χ2n) is 3.79. The third-order valence-corrected chi connectivity index (χ3v) is 2.59. The van der Waals surface area contributed by atoms with Crippen LogP contribution in [0.2, 0.25) is 0 Å². The Morgan fingerprint density at radius 1 is 1.21 bits per heavy atom. The Hall–Kier alpha value is -0.860. The van der Waals surface area contributed by atoms with Gasteiger partial charge in [0.05, 0.1) is 6.10 Å². The van der Waals surface area contributed by atoms with Gasteiger partial charge >= 0.3 is 0 Å². The zero-order chi connectivity index (χ0) is 10.6. The molecule has 14 heavy (non-hydrogen) atoms. The fourth-order valence-corrected chi connectivity index (χ4v) is 1.74. The lowest BCUT2D eigenvalue weighted by atomic mass is 10.00. The summed E-state index contributed by atoms with van der Waals surface area (Å²) in [6.07, 6.45) is 0.555. The Morgan fingerprint density at radius 2 is 1.79 bits per heavy atom. The number of aliphatic hydroxyl groups excluding tert-OH is 1. The maximum atomic E-state index is 10.1. The first-order valence-electron chi connectivity index (χ1n) is 5.06. The smallest absolute Gasteiger partial charge is 0.0944 e. The molecule has 0 heterocycles. The van der Waals surface area contributed by atoms with Crippen LogP contribution in [0.4, 0.5) is 0 Å². The first-order valence-corrected chi connectivity index (χ1v) is 5.06. The summed E-state index contributed by atoms with van der Waals surface area (Å²) in [5, 5.41) is 10.1. The van der Waals surface area contributed by atoms with E-state index in [0.29, 0.717) is 0 Å². The van der Waals surface area contributed by atoms with Crippen molar-refractivity contribution in [3.05, 3.63) is 35.9 Å². The molecule has 0 aliphatic rings. The highest BCUT2D eigenvalue weighted by Gasteiger charge is 2.20. The van der Waals surface area contributed by atoms with Crippen molar-refractivity contribution in [3.8, 4) is 0 Å². The maximum absolute atomic E-state index is 10.1. The van der Waals surface area contributed by atoms with E-state index in [2.05, 4.69) is 11.8 Å². The van der Waals surface area contributed by atoms with Crippen LogP contribution in [0, 0.1) is 0 Å². The van der Waals surface area contributed by atoms with E-state index in [-0.39, 0.29) is 6.04 Å². The van der Waals surface area contributed by atoms with Crippen LogP contribution in [0.15, 0.2) is 30.3 Å². The molecular formula is C12H19NO. The Morgan fingerprint density at radius 3 is 2.21 bits per heavy atom. The molecule has 1 rings (SSSR count). The Labute approximate surface area is 86.2 Å². The van der Waals surface area contributed by atoms with E-state index in [9.17, 15) is 5.11 Å². The summed E-state index contributed by atoms with van der Waals surface area (Å²) in [6.45, 7) is 2.09. The molecule has 0 unspecified atom stereocenters. The van der Waals surface area contributed by atoms with Gasteiger partial charge in [0.2, 0.25) is 0 Å². The van der Waals surface area contributed by atoms with Crippen LogP contribution in [0.3, 0.4) is 0 Å². The highest BCUT2D eigenvalue weighted by Crippen LogP contribution is 2.21. The molecule has 0 aromatic heterocycles. The topological polar surface area (TPSA) is 23.5 Å². The first kappa shape index (κ1) is 11.2. The molecule has 1 aromatic carbocycles. The number of likely N-dealkylation sites (N-methyl/N-ethyl adjacent to an activating group) is 1. The number of benzene rings is 1. The number of rotatable bonds is 4. The lowest BCUT2D eigenvalue weighted by Gasteiger charge is -2.28. The zero-order valence-electron chi connectivity index (χ0n) is 9.14. The van der Waals surface area contributed by atoms with Crippen molar-refractivity contribution in [2.45, 2.75) is 25.5 Å². The van der Waals surface area contributed by atoms with Gasteiger partial charge in [-0.15, -0.1) is 0 Å². The van der Waals surface area contributed by atoms with Gasteiger partial charge in [0.1, 0.15) is 0 Å². The van der Waals surface area contributed by atoms with Crippen molar-refractivity contribution in [3.63, 3.8) is 0 Å². The number of aliphatic hydroxyl groups is 1. The molecule has 0 radical (unpaired) electrons. The fourth-order valence-electron chi connectivity index (χ4n) is 1.74. The summed E-state index contributed by atoms with van der Waals surface area (Å²) in [6, 6.07) is 10.0. The zero-order valence-corrected chi connectivity index (χ0v) is 9.14. The minimum Gasteiger partial charge on any atom is -0.387 e. The van der Waals surface area contributed by atoms with Crippen LogP contribution in [-0.4, -0.2) is 30.1 Å². The van der Waals surface area contributed by atoms with Crippen molar-refractivity contribution in [1.82, 2.24) is 4.90 Å². The van der Waals surface area contributed by atoms with Gasteiger partial charge in [-0.2, -0.15) is 0 Å². The normalized spacial score (nSPS) is 15.5. The number of hydrogen-bond acceptors (Lipinski definition) is 2. The van der Waals surface area contributed by atoms with Crippen LogP contribution in [0.25, 0.3) is 0 Å². The maximum Gasteiger partial charge on any atom is 0.0944 e. The predicted molar refractivity (Wildman–Crippen MR) is 59.2 cm³/mol. The lowest BCUT2D eigenvalue weighted by molar-refractivity contribution is 0.0734. The second-order valence-corrected chi connectivity index (χ2v) is 3.79. The monoisotopic (exact) mass is 193 g/mol. The van der Waals surface area contributed by atoms with Gasteiger partial charge in [0, 0.05) is 6.04 Å². The van der Waals surface area contributed by atoms with E-state index in [1.54, 1.807) is 0 Å². The fraction of sp³-hybridized carbons (Fsp3) is 0.500. The van der Waals surface area contributed by atoms with E-state index in [1.165, 1.54) is 0 Å². The highest BCUT2D eigenvalue weighted by atomic mass is 16.3. The summed E-state index contributed by atoms with van der Waals surface area (Å²) in [7, 11) is 4.00. The molecule has 0 spiro atoms. The van der Waals surface area contributed by atoms with Crippen LogP contribution in [0.1, 0.15) is 25.0 Å². The second kappa shape index (κ2) is 5.13. The minimum atomic E-state index is -0.392. The van der Waals surface area contributed by atoms with E-state index >= 15 is 0 Å². The van der Waals surface area contributed by atoms with Gasteiger partial charge in [-0.25, -0.2) is 0 Å². The van der Waals surface area contributed by atoms with E-state index in [0.717, 1.165) is 12.0 Å². The molecule has 2 nitrogen and oxygen atoms in total. The number of hydrogen-bond donors (Lipinski definition) is 1. The van der Waals surface area contributed by atoms with Crippen molar-refractivity contribution in [2.24, 2.45) is 0 Å². The SMILES string of the molecule is CC[C@@H]([C@@H](O)c1ccccc1)N(C)C. The van der Waals surface area contributed by atoms with Gasteiger partial charge < -0.3 is 10.0 Å². The molecule has 1 N–H and O–H groups in total. The van der Waals surface area contributed by atoms with Gasteiger partial charge in [0.15, 0.2) is 0 Å². The van der Waals surface area contributed by atoms with Gasteiger partial charge in [-0.1, -0.05) is 37.3 Å². The molecule has 0 saturated heterocycles. The van der Waals surface area contributed by atoms with Crippen LogP contribution >= 0.6 is 0 Å². The average molecular weight is 193 g/mol. The average Bonchev–Trinajstić information content (AvgIpc) is 2.19. The molecule has 2 atom stereocenters. The molecule has 2 heteroatoms. The largest absolute Gasteiger partial charge is 0.387 e. The summed E-state index contributed by atoms with van der Waals surface area (Å²) < 4.78 is 0. The molecule has 0 saturated carbocycles. The van der Waals surface area contributed by atoms with Crippen molar-refractivity contribution in [2.75, 3.05) is 14.1 Å². The summed E-state index contributed by atoms with van der Waals surface area (Å²) in [5.74, 6) is 0. The first-order chi connectivity index (χ1) is 6.66. The van der Waals surface area contributed by atoms with Gasteiger partial charge in [-0.05, 0) is 26.1 Å². The standard InChI is InChI=1S/C12H19NO/c1-4-11(13(2)3)12(14)10-8-6-5-7-9-10/h5-9,11-12,14H,4H2,1-3H3/t11-,12-/m0/s1. The Bertz CT molecular complexity index is 258. The minimum absolute atomic E-state index is 0.192. The summed E-state index contributed by atoms with van der Waals surface area (Å²) in [5.41, 5.74) is 0.994. The molecule has 0 amide bonds. The van der Waals surface area contributed by atoms with Crippen LogP contribution in [-0.2, 0) is 0 Å². The van der Waals surface area contributed by atoms with Crippen LogP contribution < -0.4 is 0 Å². The third kappa shape index (κ3) is 2.56. The third-order valence-electron chi connectivity index (χ3n) is 2.59. The van der Waals surface area contributed by atoms with E-state index in [1.807, 2.05) is 44.4 Å². The van der Waals surface area contributed by atoms with E-state index in [4.69, 9.17) is 0 Å². The van der Waals surface area contributed by atoms with Crippen molar-refractivity contribution >= 4 is 0 Å². The summed E-state index contributed by atoms with van der Waals surface area (Å²) >= 11 is 0. The lowest BCUT2D eigenvalue weighted by Crippen LogP contribution is -2.33. The van der Waals surface area contributed by atoms with Crippen LogP contribution in [0.5, 0.6) is 0 Å². The van der Waals surface area contributed by atoms with E-state index < -0.39 is 6.10 Å². The molecular weight excluding hydrogens is 174 g/mol. The summed E-state index contributed by atoms with van der Waals surface area (Å²) in [4.78, 5) is 2.07. The molecule has 0 fully saturated rings. The highest BCUT2D eigenvalue weighted by molar-refractivity contribution is 5.18. The quantitative estimate of drug-likeness (QED) is 0.791. The van der Waals surface area contributed by atoms with Gasteiger partial charge in [0.25, 0.3) is 0 Å². The molecule has 1 aromatic rings. The van der Waals surface area contributed by atoms with Crippen molar-refractivity contribution in [1.29, 1.82) is 0 Å². The molecule has 0 bridgehead atoms. The number of nitrogens with zero attached hydrogens (tertiary/aromatic N) is 1. The van der Waals surface area contributed by atoms with Crippen molar-refractivity contribution < 1.29 is 5.11 Å². The molecule has 0 aliphatic carbocycles. The predicted octanol–water partition coefficient (Wildman–Crippen LogP) is 2.06. The Balaban J connectivity index is 2.78. The molecule has 78 valence electrons. The van der Waals surface area contributed by atoms with Gasteiger partial charge in [-0.3, -0.25) is 0 Å².